The molecule has 6 heteroatoms. The van der Waals surface area contributed by atoms with Crippen LogP contribution in [0.5, 0.6) is 5.75 Å². The Kier molecular flexibility index (Phi) is 5.42. The van der Waals surface area contributed by atoms with E-state index >= 15 is 0 Å². The van der Waals surface area contributed by atoms with Gasteiger partial charge in [0.05, 0.1) is 11.6 Å². The molecule has 0 radical (unpaired) electrons. The van der Waals surface area contributed by atoms with E-state index < -0.39 is 5.60 Å². The number of halogens is 1. The zero-order chi connectivity index (χ0) is 17.0. The molecular formula is C17H23ClN2O3. The first kappa shape index (κ1) is 17.5. The quantitative estimate of drug-likeness (QED) is 0.814. The van der Waals surface area contributed by atoms with E-state index in [1.54, 1.807) is 4.90 Å². The Bertz CT molecular complexity index is 676. The monoisotopic (exact) mass is 338 g/mol. The molecule has 5 nitrogen and oxygen atoms in total. The van der Waals surface area contributed by atoms with Crippen molar-refractivity contribution in [2.45, 2.75) is 33.3 Å². The summed E-state index contributed by atoms with van der Waals surface area (Å²) < 4.78 is 11.0. The number of amides is 1. The smallest absolute Gasteiger partial charge is 0.414 e. The number of H-pyrrole nitrogens is 1. The standard InChI is InChI=1S/C17H23ClN2O3/c1-5-20(16(21)23-17(2,3)4)15-11-19-14-7-6-12(10-13(14)15)22-9-8-18/h6-7,10-11,19H,5,8-9H2,1-4H3. The lowest BCUT2D eigenvalue weighted by Crippen LogP contribution is -2.36. The predicted molar refractivity (Wildman–Crippen MR) is 93.8 cm³/mol. The summed E-state index contributed by atoms with van der Waals surface area (Å²) in [4.78, 5) is 17.2. The van der Waals surface area contributed by atoms with E-state index in [-0.39, 0.29) is 6.09 Å². The lowest BCUT2D eigenvalue weighted by Gasteiger charge is -2.26. The number of hydrogen-bond donors (Lipinski definition) is 1. The number of alkyl halides is 1. The van der Waals surface area contributed by atoms with Gasteiger partial charge in [0.15, 0.2) is 0 Å². The van der Waals surface area contributed by atoms with E-state index in [4.69, 9.17) is 21.1 Å². The molecule has 1 aromatic carbocycles. The van der Waals surface area contributed by atoms with Crippen molar-refractivity contribution in [2.24, 2.45) is 0 Å². The number of aromatic amines is 1. The van der Waals surface area contributed by atoms with Crippen molar-refractivity contribution in [2.75, 3.05) is 23.9 Å². The number of carbonyl (C=O) groups excluding carboxylic acids is 1. The number of benzene rings is 1. The van der Waals surface area contributed by atoms with Crippen LogP contribution in [0, 0.1) is 0 Å². The second-order valence-electron chi connectivity index (χ2n) is 6.14. The Hall–Kier alpha value is -1.88. The number of hydrogen-bond acceptors (Lipinski definition) is 3. The van der Waals surface area contributed by atoms with Crippen molar-refractivity contribution in [1.82, 2.24) is 4.98 Å². The molecule has 0 aliphatic carbocycles. The van der Waals surface area contributed by atoms with E-state index in [9.17, 15) is 4.79 Å². The van der Waals surface area contributed by atoms with Crippen LogP contribution in [-0.2, 0) is 4.74 Å². The molecule has 0 fully saturated rings. The highest BCUT2D eigenvalue weighted by Crippen LogP contribution is 2.31. The van der Waals surface area contributed by atoms with E-state index in [0.717, 1.165) is 22.3 Å². The van der Waals surface area contributed by atoms with Gasteiger partial charge in [0.25, 0.3) is 0 Å². The topological polar surface area (TPSA) is 54.6 Å². The highest BCUT2D eigenvalue weighted by Gasteiger charge is 2.24. The van der Waals surface area contributed by atoms with Crippen molar-refractivity contribution >= 4 is 34.3 Å². The molecule has 0 spiro atoms. The van der Waals surface area contributed by atoms with Gasteiger partial charge in [0.1, 0.15) is 18.0 Å². The minimum Gasteiger partial charge on any atom is -0.492 e. The number of ether oxygens (including phenoxy) is 2. The van der Waals surface area contributed by atoms with Crippen LogP contribution in [0.1, 0.15) is 27.7 Å². The number of fused-ring (bicyclic) bond motifs is 1. The fourth-order valence-electron chi connectivity index (χ4n) is 2.27. The zero-order valence-corrected chi connectivity index (χ0v) is 14.7. The average Bonchev–Trinajstić information content (AvgIpc) is 2.87. The summed E-state index contributed by atoms with van der Waals surface area (Å²) in [7, 11) is 0. The Morgan fingerprint density at radius 2 is 2.09 bits per heavy atom. The number of nitrogens with zero attached hydrogens (tertiary/aromatic N) is 1. The largest absolute Gasteiger partial charge is 0.492 e. The Morgan fingerprint density at radius 3 is 2.70 bits per heavy atom. The number of nitrogens with one attached hydrogen (secondary N) is 1. The van der Waals surface area contributed by atoms with Gasteiger partial charge in [0, 0.05) is 23.6 Å². The lowest BCUT2D eigenvalue weighted by atomic mass is 10.2. The fraction of sp³-hybridized carbons (Fsp3) is 0.471. The molecule has 23 heavy (non-hydrogen) atoms. The van der Waals surface area contributed by atoms with Gasteiger partial charge >= 0.3 is 6.09 Å². The van der Waals surface area contributed by atoms with E-state index in [1.807, 2.05) is 52.1 Å². The second-order valence-corrected chi connectivity index (χ2v) is 6.52. The van der Waals surface area contributed by atoms with Gasteiger partial charge in [-0.1, -0.05) is 0 Å². The molecule has 2 rings (SSSR count). The SMILES string of the molecule is CCN(C(=O)OC(C)(C)C)c1c[nH]c2ccc(OCCCl)cc12. The minimum atomic E-state index is -0.536. The highest BCUT2D eigenvalue weighted by atomic mass is 35.5. The number of aromatic nitrogens is 1. The van der Waals surface area contributed by atoms with Gasteiger partial charge in [0.2, 0.25) is 0 Å². The van der Waals surface area contributed by atoms with Crippen LogP contribution >= 0.6 is 11.6 Å². The molecule has 1 aromatic heterocycles. The molecule has 0 saturated heterocycles. The van der Waals surface area contributed by atoms with Gasteiger partial charge in [-0.25, -0.2) is 4.79 Å². The summed E-state index contributed by atoms with van der Waals surface area (Å²) in [5.41, 5.74) is 1.17. The molecule has 0 bridgehead atoms. The van der Waals surface area contributed by atoms with Crippen LogP contribution in [0.2, 0.25) is 0 Å². The summed E-state index contributed by atoms with van der Waals surface area (Å²) in [6, 6.07) is 5.70. The maximum absolute atomic E-state index is 12.4. The summed E-state index contributed by atoms with van der Waals surface area (Å²) >= 11 is 5.66. The molecule has 0 unspecified atom stereocenters. The molecule has 1 heterocycles. The summed E-state index contributed by atoms with van der Waals surface area (Å²) in [6.45, 7) is 8.42. The highest BCUT2D eigenvalue weighted by molar-refractivity contribution is 6.18. The molecule has 0 aliphatic rings. The molecule has 0 saturated carbocycles. The number of anilines is 1. The third-order valence-corrected chi connectivity index (χ3v) is 3.35. The van der Waals surface area contributed by atoms with Gasteiger partial charge in [-0.2, -0.15) is 0 Å². The van der Waals surface area contributed by atoms with Crippen LogP contribution in [0.15, 0.2) is 24.4 Å². The molecule has 1 N–H and O–H groups in total. The van der Waals surface area contributed by atoms with Crippen molar-refractivity contribution in [3.05, 3.63) is 24.4 Å². The van der Waals surface area contributed by atoms with Crippen LogP contribution in [0.3, 0.4) is 0 Å². The molecule has 126 valence electrons. The first-order chi connectivity index (χ1) is 10.9. The van der Waals surface area contributed by atoms with Crippen LogP contribution in [0.25, 0.3) is 10.9 Å². The van der Waals surface area contributed by atoms with E-state index in [1.165, 1.54) is 0 Å². The van der Waals surface area contributed by atoms with Crippen LogP contribution in [0.4, 0.5) is 10.5 Å². The lowest BCUT2D eigenvalue weighted by molar-refractivity contribution is 0.0582. The van der Waals surface area contributed by atoms with E-state index in [0.29, 0.717) is 19.0 Å². The van der Waals surface area contributed by atoms with Gasteiger partial charge in [-0.05, 0) is 45.9 Å². The number of rotatable bonds is 5. The Morgan fingerprint density at radius 1 is 1.35 bits per heavy atom. The van der Waals surface area contributed by atoms with Crippen LogP contribution in [-0.4, -0.2) is 35.7 Å². The molecular weight excluding hydrogens is 316 g/mol. The molecule has 2 aromatic rings. The summed E-state index contributed by atoms with van der Waals surface area (Å²) in [6.07, 6.45) is 1.44. The first-order valence-corrected chi connectivity index (χ1v) is 8.19. The summed E-state index contributed by atoms with van der Waals surface area (Å²) in [5, 5.41) is 0.907. The van der Waals surface area contributed by atoms with Crippen molar-refractivity contribution in [3.8, 4) is 5.75 Å². The maximum atomic E-state index is 12.4. The van der Waals surface area contributed by atoms with Crippen LogP contribution < -0.4 is 9.64 Å². The third-order valence-electron chi connectivity index (χ3n) is 3.20. The van der Waals surface area contributed by atoms with Crippen molar-refractivity contribution in [1.29, 1.82) is 0 Å². The Balaban J connectivity index is 2.34. The van der Waals surface area contributed by atoms with Gasteiger partial charge < -0.3 is 14.5 Å². The maximum Gasteiger partial charge on any atom is 0.414 e. The van der Waals surface area contributed by atoms with Crippen molar-refractivity contribution in [3.63, 3.8) is 0 Å². The zero-order valence-electron chi connectivity index (χ0n) is 14.0. The second kappa shape index (κ2) is 7.13. The number of carbonyl (C=O) groups is 1. The normalized spacial score (nSPS) is 11.5. The Labute approximate surface area is 141 Å². The van der Waals surface area contributed by atoms with Gasteiger partial charge in [-0.3, -0.25) is 4.90 Å². The predicted octanol–water partition coefficient (Wildman–Crippen LogP) is 4.55. The van der Waals surface area contributed by atoms with Gasteiger partial charge in [-0.15, -0.1) is 11.6 Å². The van der Waals surface area contributed by atoms with E-state index in [2.05, 4.69) is 4.98 Å². The third kappa shape index (κ3) is 4.32. The van der Waals surface area contributed by atoms with Crippen molar-refractivity contribution < 1.29 is 14.3 Å². The average molecular weight is 339 g/mol. The minimum absolute atomic E-state index is 0.368. The molecule has 0 atom stereocenters. The fourth-order valence-corrected chi connectivity index (χ4v) is 2.35. The first-order valence-electron chi connectivity index (χ1n) is 7.66. The summed E-state index contributed by atoms with van der Waals surface area (Å²) in [5.74, 6) is 1.15. The molecule has 0 aliphatic heterocycles. The molecule has 1 amide bonds.